The molecule has 1 aliphatic heterocycles. The van der Waals surface area contributed by atoms with Gasteiger partial charge >= 0.3 is 0 Å². The minimum Gasteiger partial charge on any atom is -0.375 e. The number of nitrogens with zero attached hydrogens (tertiary/aromatic N) is 2. The van der Waals surface area contributed by atoms with Crippen LogP contribution in [-0.2, 0) is 17.6 Å². The van der Waals surface area contributed by atoms with Crippen molar-refractivity contribution >= 4 is 12.4 Å². The lowest BCUT2D eigenvalue weighted by molar-refractivity contribution is 0.0246. The Morgan fingerprint density at radius 1 is 1.33 bits per heavy atom. The van der Waals surface area contributed by atoms with Crippen LogP contribution in [0.15, 0.2) is 28.8 Å². The van der Waals surface area contributed by atoms with Gasteiger partial charge in [-0.05, 0) is 18.1 Å². The van der Waals surface area contributed by atoms with Crippen molar-refractivity contribution in [1.29, 1.82) is 0 Å². The van der Waals surface area contributed by atoms with Crippen molar-refractivity contribution in [3.63, 3.8) is 0 Å². The van der Waals surface area contributed by atoms with Crippen molar-refractivity contribution < 1.29 is 9.26 Å². The lowest BCUT2D eigenvalue weighted by atomic mass is 10.1. The number of hydrogen-bond donors (Lipinski definition) is 1. The van der Waals surface area contributed by atoms with Crippen LogP contribution in [0, 0.1) is 6.92 Å². The van der Waals surface area contributed by atoms with E-state index >= 15 is 0 Å². The van der Waals surface area contributed by atoms with E-state index in [1.165, 1.54) is 11.1 Å². The molecule has 114 valence electrons. The van der Waals surface area contributed by atoms with Gasteiger partial charge in [0.25, 0.3) is 0 Å². The van der Waals surface area contributed by atoms with Crippen LogP contribution in [0.4, 0.5) is 0 Å². The predicted molar refractivity (Wildman–Crippen MR) is 81.8 cm³/mol. The van der Waals surface area contributed by atoms with E-state index in [0.29, 0.717) is 18.7 Å². The number of ether oxygens (including phenoxy) is 1. The zero-order valence-corrected chi connectivity index (χ0v) is 12.9. The topological polar surface area (TPSA) is 60.2 Å². The van der Waals surface area contributed by atoms with E-state index in [1.54, 1.807) is 0 Å². The smallest absolute Gasteiger partial charge is 0.229 e. The summed E-state index contributed by atoms with van der Waals surface area (Å²) in [6.45, 7) is 4.60. The van der Waals surface area contributed by atoms with Crippen LogP contribution in [0.1, 0.15) is 22.8 Å². The summed E-state index contributed by atoms with van der Waals surface area (Å²) in [4.78, 5) is 4.46. The van der Waals surface area contributed by atoms with Crippen LogP contribution >= 0.6 is 12.4 Å². The first-order chi connectivity index (χ1) is 9.81. The van der Waals surface area contributed by atoms with Crippen LogP contribution in [-0.4, -0.2) is 35.9 Å². The molecule has 0 bridgehead atoms. The Bertz CT molecular complexity index is 568. The highest BCUT2D eigenvalue weighted by molar-refractivity contribution is 5.85. The van der Waals surface area contributed by atoms with E-state index in [9.17, 15) is 0 Å². The molecule has 0 aliphatic carbocycles. The standard InChI is InChI=1S/C15H19N3O2.ClH/c1-11-4-2-3-5-12(11)8-14-17-15(20-18-14)9-13-10-16-6-7-19-13;/h2-5,13,16H,6-10H2,1H3;1H. The van der Waals surface area contributed by atoms with Gasteiger partial charge in [-0.15, -0.1) is 12.4 Å². The summed E-state index contributed by atoms with van der Waals surface area (Å²) in [5.74, 6) is 1.39. The third-order valence-electron chi connectivity index (χ3n) is 3.53. The molecule has 2 heterocycles. The van der Waals surface area contributed by atoms with E-state index in [1.807, 2.05) is 12.1 Å². The highest BCUT2D eigenvalue weighted by atomic mass is 35.5. The Morgan fingerprint density at radius 3 is 2.95 bits per heavy atom. The first kappa shape index (κ1) is 15.9. The summed E-state index contributed by atoms with van der Waals surface area (Å²) in [7, 11) is 0. The minimum atomic E-state index is 0. The van der Waals surface area contributed by atoms with Crippen molar-refractivity contribution in [3.05, 3.63) is 47.1 Å². The minimum absolute atomic E-state index is 0. The van der Waals surface area contributed by atoms with Gasteiger partial charge in [0, 0.05) is 19.5 Å². The summed E-state index contributed by atoms with van der Waals surface area (Å²) < 4.78 is 10.9. The Labute approximate surface area is 130 Å². The molecule has 1 aliphatic rings. The van der Waals surface area contributed by atoms with Gasteiger partial charge in [-0.25, -0.2) is 0 Å². The van der Waals surface area contributed by atoms with Crippen molar-refractivity contribution in [2.45, 2.75) is 25.9 Å². The molecule has 0 amide bonds. The van der Waals surface area contributed by atoms with Crippen molar-refractivity contribution in [2.24, 2.45) is 0 Å². The lowest BCUT2D eigenvalue weighted by Crippen LogP contribution is -2.39. The van der Waals surface area contributed by atoms with E-state index in [-0.39, 0.29) is 18.5 Å². The Kier molecular flexibility index (Phi) is 5.73. The van der Waals surface area contributed by atoms with Crippen molar-refractivity contribution in [3.8, 4) is 0 Å². The molecular weight excluding hydrogens is 290 g/mol. The van der Waals surface area contributed by atoms with Crippen LogP contribution in [0.3, 0.4) is 0 Å². The van der Waals surface area contributed by atoms with Gasteiger partial charge in [-0.1, -0.05) is 29.4 Å². The largest absolute Gasteiger partial charge is 0.375 e. The van der Waals surface area contributed by atoms with Gasteiger partial charge in [-0.2, -0.15) is 4.98 Å². The second-order valence-corrected chi connectivity index (χ2v) is 5.11. The number of rotatable bonds is 4. The number of nitrogens with one attached hydrogen (secondary N) is 1. The van der Waals surface area contributed by atoms with E-state index in [2.05, 4.69) is 34.5 Å². The number of hydrogen-bond acceptors (Lipinski definition) is 5. The molecule has 0 spiro atoms. The Balaban J connectivity index is 0.00000161. The third kappa shape index (κ3) is 4.27. The summed E-state index contributed by atoms with van der Waals surface area (Å²) >= 11 is 0. The SMILES string of the molecule is Cc1ccccc1Cc1noc(CC2CNCCO2)n1.Cl. The average Bonchev–Trinajstić information content (AvgIpc) is 2.90. The van der Waals surface area contributed by atoms with Gasteiger partial charge in [0.15, 0.2) is 5.82 Å². The molecule has 1 N–H and O–H groups in total. The molecule has 1 saturated heterocycles. The fraction of sp³-hybridized carbons (Fsp3) is 0.467. The summed E-state index contributed by atoms with van der Waals surface area (Å²) in [6, 6.07) is 8.26. The summed E-state index contributed by atoms with van der Waals surface area (Å²) in [5, 5.41) is 7.35. The predicted octanol–water partition coefficient (Wildman–Crippen LogP) is 1.92. The quantitative estimate of drug-likeness (QED) is 0.935. The zero-order chi connectivity index (χ0) is 13.8. The highest BCUT2D eigenvalue weighted by Gasteiger charge is 2.18. The second kappa shape index (κ2) is 7.54. The molecule has 1 aromatic heterocycles. The number of halogens is 1. The zero-order valence-electron chi connectivity index (χ0n) is 12.0. The van der Waals surface area contributed by atoms with Crippen LogP contribution in [0.5, 0.6) is 0 Å². The number of aryl methyl sites for hydroxylation is 1. The molecule has 6 heteroatoms. The van der Waals surface area contributed by atoms with E-state index in [4.69, 9.17) is 9.26 Å². The molecule has 21 heavy (non-hydrogen) atoms. The number of morpholine rings is 1. The monoisotopic (exact) mass is 309 g/mol. The Hall–Kier alpha value is -1.43. The van der Waals surface area contributed by atoms with Crippen molar-refractivity contribution in [1.82, 2.24) is 15.5 Å². The maximum Gasteiger partial charge on any atom is 0.229 e. The van der Waals surface area contributed by atoms with Crippen LogP contribution < -0.4 is 5.32 Å². The van der Waals surface area contributed by atoms with Gasteiger partial charge < -0.3 is 14.6 Å². The molecule has 3 rings (SSSR count). The van der Waals surface area contributed by atoms with Gasteiger partial charge in [-0.3, -0.25) is 0 Å². The summed E-state index contributed by atoms with van der Waals surface area (Å²) in [5.41, 5.74) is 2.48. The fourth-order valence-corrected chi connectivity index (χ4v) is 2.37. The van der Waals surface area contributed by atoms with Gasteiger partial charge in [0.05, 0.1) is 19.1 Å². The summed E-state index contributed by atoms with van der Waals surface area (Å²) in [6.07, 6.45) is 1.52. The molecule has 1 aromatic carbocycles. The number of benzene rings is 1. The molecule has 1 atom stereocenters. The second-order valence-electron chi connectivity index (χ2n) is 5.11. The number of aromatic nitrogens is 2. The lowest BCUT2D eigenvalue weighted by Gasteiger charge is -2.21. The highest BCUT2D eigenvalue weighted by Crippen LogP contribution is 2.13. The Morgan fingerprint density at radius 2 is 2.19 bits per heavy atom. The van der Waals surface area contributed by atoms with Crippen molar-refractivity contribution in [2.75, 3.05) is 19.7 Å². The molecule has 5 nitrogen and oxygen atoms in total. The maximum atomic E-state index is 5.64. The van der Waals surface area contributed by atoms with E-state index < -0.39 is 0 Å². The molecule has 2 aromatic rings. The average molecular weight is 310 g/mol. The molecular formula is C15H20ClN3O2. The molecule has 0 saturated carbocycles. The third-order valence-corrected chi connectivity index (χ3v) is 3.53. The molecule has 0 radical (unpaired) electrons. The maximum absolute atomic E-state index is 5.64. The first-order valence-corrected chi connectivity index (χ1v) is 6.99. The molecule has 1 unspecified atom stereocenters. The van der Waals surface area contributed by atoms with Gasteiger partial charge in [0.2, 0.25) is 5.89 Å². The van der Waals surface area contributed by atoms with E-state index in [0.717, 1.165) is 25.5 Å². The van der Waals surface area contributed by atoms with Crippen LogP contribution in [0.25, 0.3) is 0 Å². The fourth-order valence-electron chi connectivity index (χ4n) is 2.37. The van der Waals surface area contributed by atoms with Gasteiger partial charge in [0.1, 0.15) is 0 Å². The van der Waals surface area contributed by atoms with Crippen LogP contribution in [0.2, 0.25) is 0 Å². The first-order valence-electron chi connectivity index (χ1n) is 6.99. The normalized spacial score (nSPS) is 18.2. The molecule has 1 fully saturated rings.